The highest BCUT2D eigenvalue weighted by molar-refractivity contribution is 5.86. The first-order chi connectivity index (χ1) is 12.5. The van der Waals surface area contributed by atoms with Crippen LogP contribution in [0.1, 0.15) is 11.3 Å². The molecule has 0 amide bonds. The molecule has 4 rings (SSSR count). The third-order valence-corrected chi connectivity index (χ3v) is 4.07. The third-order valence-electron chi connectivity index (χ3n) is 4.07. The lowest BCUT2D eigenvalue weighted by Crippen LogP contribution is -2.05. The Labute approximate surface area is 145 Å². The first-order valence-corrected chi connectivity index (χ1v) is 7.57. The molecular formula is C18H10F3N5. The number of nitriles is 1. The molecule has 26 heavy (non-hydrogen) atoms. The molecule has 2 aromatic heterocycles. The van der Waals surface area contributed by atoms with Crippen LogP contribution in [0.4, 0.5) is 13.2 Å². The van der Waals surface area contributed by atoms with Gasteiger partial charge in [-0.1, -0.05) is 18.2 Å². The first kappa shape index (κ1) is 15.9. The Hall–Kier alpha value is -3.60. The summed E-state index contributed by atoms with van der Waals surface area (Å²) in [5, 5.41) is 20.1. The van der Waals surface area contributed by atoms with Crippen LogP contribution in [0.5, 0.6) is 0 Å². The number of hydrogen-bond donors (Lipinski definition) is 1. The Morgan fingerprint density at radius 3 is 2.65 bits per heavy atom. The molecule has 0 bridgehead atoms. The molecule has 4 aromatic rings. The fraction of sp³-hybridized carbons (Fsp3) is 0.0556. The molecule has 2 aromatic carbocycles. The number of aromatic nitrogens is 4. The molecule has 0 spiro atoms. The van der Waals surface area contributed by atoms with Crippen molar-refractivity contribution in [3.05, 3.63) is 66.0 Å². The molecule has 0 aliphatic heterocycles. The van der Waals surface area contributed by atoms with E-state index in [4.69, 9.17) is 5.26 Å². The second kappa shape index (κ2) is 5.74. The quantitative estimate of drug-likeness (QED) is 0.584. The van der Waals surface area contributed by atoms with Crippen molar-refractivity contribution in [2.75, 3.05) is 0 Å². The highest BCUT2D eigenvalue weighted by Crippen LogP contribution is 2.32. The van der Waals surface area contributed by atoms with Crippen LogP contribution >= 0.6 is 0 Å². The molecule has 5 nitrogen and oxygen atoms in total. The molecule has 0 radical (unpaired) electrons. The zero-order valence-corrected chi connectivity index (χ0v) is 13.1. The van der Waals surface area contributed by atoms with Crippen LogP contribution in [-0.4, -0.2) is 20.0 Å². The number of hydrogen-bond acceptors (Lipinski definition) is 3. The first-order valence-electron chi connectivity index (χ1n) is 7.57. The average Bonchev–Trinajstić information content (AvgIpc) is 3.27. The van der Waals surface area contributed by atoms with E-state index in [1.807, 2.05) is 18.2 Å². The number of halogens is 3. The van der Waals surface area contributed by atoms with Gasteiger partial charge in [0.05, 0.1) is 11.1 Å². The monoisotopic (exact) mass is 353 g/mol. The highest BCUT2D eigenvalue weighted by Gasteiger charge is 2.30. The summed E-state index contributed by atoms with van der Waals surface area (Å²) < 4.78 is 40.7. The lowest BCUT2D eigenvalue weighted by atomic mass is 10.1. The summed E-state index contributed by atoms with van der Waals surface area (Å²) in [5.74, 6) is 0. The third kappa shape index (κ3) is 2.59. The maximum Gasteiger partial charge on any atom is 0.416 e. The molecule has 1 N–H and O–H groups in total. The summed E-state index contributed by atoms with van der Waals surface area (Å²) in [6, 6.07) is 14.3. The standard InChI is InChI=1S/C18H10F3N5/c19-18(20,21)13-2-1-3-14(9-13)26-7-6-11-4-5-12(8-16(11)26)17-15(10-22)23-25-24-17/h1-9H,(H,23,24,25). The smallest absolute Gasteiger partial charge is 0.317 e. The number of alkyl halides is 3. The van der Waals surface area contributed by atoms with E-state index in [-0.39, 0.29) is 5.69 Å². The summed E-state index contributed by atoms with van der Waals surface area (Å²) in [6.45, 7) is 0. The number of benzene rings is 2. The molecule has 128 valence electrons. The van der Waals surface area contributed by atoms with Crippen molar-refractivity contribution in [1.82, 2.24) is 20.0 Å². The van der Waals surface area contributed by atoms with Crippen molar-refractivity contribution < 1.29 is 13.2 Å². The van der Waals surface area contributed by atoms with Gasteiger partial charge in [0.15, 0.2) is 5.69 Å². The number of nitrogens with one attached hydrogen (secondary N) is 1. The number of fused-ring (bicyclic) bond motifs is 1. The van der Waals surface area contributed by atoms with E-state index in [9.17, 15) is 13.2 Å². The summed E-state index contributed by atoms with van der Waals surface area (Å²) in [6.07, 6.45) is -2.70. The van der Waals surface area contributed by atoms with Crippen LogP contribution in [0.25, 0.3) is 27.8 Å². The summed E-state index contributed by atoms with van der Waals surface area (Å²) in [5.41, 5.74) is 1.58. The number of nitrogens with zero attached hydrogens (tertiary/aromatic N) is 4. The van der Waals surface area contributed by atoms with E-state index in [2.05, 4.69) is 15.4 Å². The van der Waals surface area contributed by atoms with Gasteiger partial charge in [-0.3, -0.25) is 0 Å². The van der Waals surface area contributed by atoms with Crippen LogP contribution in [0.15, 0.2) is 54.7 Å². The maximum absolute atomic E-state index is 13.0. The SMILES string of the molecule is N#Cc1n[nH]nc1-c1ccc2ccn(-c3cccc(C(F)(F)F)c3)c2c1. The zero-order valence-electron chi connectivity index (χ0n) is 13.1. The molecule has 0 aliphatic carbocycles. The van der Waals surface area contributed by atoms with Gasteiger partial charge in [0.2, 0.25) is 0 Å². The Morgan fingerprint density at radius 2 is 1.88 bits per heavy atom. The number of aromatic amines is 1. The van der Waals surface area contributed by atoms with Crippen molar-refractivity contribution in [3.8, 4) is 23.0 Å². The van der Waals surface area contributed by atoms with Crippen molar-refractivity contribution in [2.45, 2.75) is 6.18 Å². The fourth-order valence-electron chi connectivity index (χ4n) is 2.84. The maximum atomic E-state index is 13.0. The predicted octanol–water partition coefficient (Wildman–Crippen LogP) is 4.31. The van der Waals surface area contributed by atoms with Gasteiger partial charge in [0.25, 0.3) is 0 Å². The van der Waals surface area contributed by atoms with Crippen LogP contribution in [-0.2, 0) is 6.18 Å². The molecule has 0 saturated carbocycles. The van der Waals surface area contributed by atoms with Gasteiger partial charge in [-0.15, -0.1) is 5.10 Å². The minimum atomic E-state index is -4.41. The van der Waals surface area contributed by atoms with Crippen molar-refractivity contribution in [2.24, 2.45) is 0 Å². The average molecular weight is 353 g/mol. The zero-order chi connectivity index (χ0) is 18.3. The summed E-state index contributed by atoms with van der Waals surface area (Å²) in [4.78, 5) is 0. The van der Waals surface area contributed by atoms with Gasteiger partial charge in [-0.05, 0) is 35.7 Å². The number of rotatable bonds is 2. The highest BCUT2D eigenvalue weighted by atomic mass is 19.4. The molecule has 2 heterocycles. The lowest BCUT2D eigenvalue weighted by Gasteiger charge is -2.11. The topological polar surface area (TPSA) is 70.3 Å². The largest absolute Gasteiger partial charge is 0.416 e. The minimum absolute atomic E-state index is 0.154. The Bertz CT molecular complexity index is 1150. The second-order valence-corrected chi connectivity index (χ2v) is 5.64. The van der Waals surface area contributed by atoms with Gasteiger partial charge < -0.3 is 4.57 Å². The van der Waals surface area contributed by atoms with Gasteiger partial charge in [0, 0.05) is 17.4 Å². The summed E-state index contributed by atoms with van der Waals surface area (Å²) >= 11 is 0. The second-order valence-electron chi connectivity index (χ2n) is 5.64. The van der Waals surface area contributed by atoms with E-state index >= 15 is 0 Å². The molecule has 0 fully saturated rings. The fourth-order valence-corrected chi connectivity index (χ4v) is 2.84. The lowest BCUT2D eigenvalue weighted by molar-refractivity contribution is -0.137. The Kier molecular flexibility index (Phi) is 3.51. The number of H-pyrrole nitrogens is 1. The normalized spacial score (nSPS) is 11.6. The van der Waals surface area contributed by atoms with Gasteiger partial charge in [0.1, 0.15) is 11.8 Å². The van der Waals surface area contributed by atoms with Crippen LogP contribution < -0.4 is 0 Å². The van der Waals surface area contributed by atoms with Crippen LogP contribution in [0.3, 0.4) is 0 Å². The summed E-state index contributed by atoms with van der Waals surface area (Å²) in [7, 11) is 0. The molecule has 0 unspecified atom stereocenters. The van der Waals surface area contributed by atoms with E-state index in [0.717, 1.165) is 17.5 Å². The molecule has 0 saturated heterocycles. The molecule has 0 aliphatic rings. The molecule has 8 heteroatoms. The van der Waals surface area contributed by atoms with Crippen molar-refractivity contribution in [1.29, 1.82) is 5.26 Å². The predicted molar refractivity (Wildman–Crippen MR) is 88.4 cm³/mol. The van der Waals surface area contributed by atoms with E-state index < -0.39 is 11.7 Å². The van der Waals surface area contributed by atoms with Crippen LogP contribution in [0, 0.1) is 11.3 Å². The van der Waals surface area contributed by atoms with E-state index in [1.165, 1.54) is 6.07 Å². The molecule has 0 atom stereocenters. The van der Waals surface area contributed by atoms with Gasteiger partial charge in [-0.2, -0.15) is 28.7 Å². The van der Waals surface area contributed by atoms with E-state index in [0.29, 0.717) is 22.5 Å². The molecular weight excluding hydrogens is 343 g/mol. The Balaban J connectivity index is 1.88. The van der Waals surface area contributed by atoms with Gasteiger partial charge in [-0.25, -0.2) is 0 Å². The van der Waals surface area contributed by atoms with Crippen molar-refractivity contribution in [3.63, 3.8) is 0 Å². The van der Waals surface area contributed by atoms with Crippen LogP contribution in [0.2, 0.25) is 0 Å². The van der Waals surface area contributed by atoms with Crippen molar-refractivity contribution >= 4 is 10.9 Å². The Morgan fingerprint density at radius 1 is 1.04 bits per heavy atom. The van der Waals surface area contributed by atoms with E-state index in [1.54, 1.807) is 29.0 Å². The van der Waals surface area contributed by atoms with Gasteiger partial charge >= 0.3 is 6.18 Å². The minimum Gasteiger partial charge on any atom is -0.317 e.